The van der Waals surface area contributed by atoms with Crippen LogP contribution in [0.3, 0.4) is 0 Å². The van der Waals surface area contributed by atoms with E-state index in [1.807, 2.05) is 0 Å². The molecule has 2 aromatic rings. The highest BCUT2D eigenvalue weighted by Gasteiger charge is 2.70. The van der Waals surface area contributed by atoms with E-state index in [1.165, 1.54) is 34.2 Å². The maximum atomic E-state index is 14.1. The molecule has 0 unspecified atom stereocenters. The van der Waals surface area contributed by atoms with E-state index in [0.29, 0.717) is 35.9 Å². The SMILES string of the molecule is COC(=O)[C@]1(C)CCC[C@]2(C)[C@H]3C[C@H]4C(C(C)C)=C[C@]3(CC[C@H]21)[C@@H]1c2[nH]c3ccccc3c2CC(=O)[C@@H]14. The van der Waals surface area contributed by atoms with E-state index < -0.39 is 5.41 Å². The molecule has 8 atom stereocenters. The van der Waals surface area contributed by atoms with Gasteiger partial charge in [0.2, 0.25) is 0 Å². The molecular weight excluding hydrogens is 458 g/mol. The number of hydrogen-bond acceptors (Lipinski definition) is 3. The Balaban J connectivity index is 1.44. The van der Waals surface area contributed by atoms with Gasteiger partial charge in [-0.15, -0.1) is 0 Å². The third-order valence-electron chi connectivity index (χ3n) is 12.2. The van der Waals surface area contributed by atoms with Crippen LogP contribution in [0.15, 0.2) is 35.9 Å². The van der Waals surface area contributed by atoms with Crippen LogP contribution in [0.2, 0.25) is 0 Å². The van der Waals surface area contributed by atoms with Gasteiger partial charge < -0.3 is 9.72 Å². The zero-order chi connectivity index (χ0) is 25.9. The van der Waals surface area contributed by atoms with Crippen molar-refractivity contribution in [3.63, 3.8) is 0 Å². The lowest BCUT2D eigenvalue weighted by atomic mass is 9.33. The third-order valence-corrected chi connectivity index (χ3v) is 12.2. The maximum absolute atomic E-state index is 14.1. The number of ketones is 1. The molecule has 4 nitrogen and oxygen atoms in total. The fourth-order valence-electron chi connectivity index (χ4n) is 10.9. The van der Waals surface area contributed by atoms with Crippen molar-refractivity contribution in [2.75, 3.05) is 7.11 Å². The van der Waals surface area contributed by atoms with E-state index in [4.69, 9.17) is 4.74 Å². The minimum absolute atomic E-state index is 0.0256. The van der Waals surface area contributed by atoms with E-state index in [2.05, 4.69) is 63.0 Å². The molecule has 0 aliphatic heterocycles. The molecule has 3 fully saturated rings. The second-order valence-corrected chi connectivity index (χ2v) is 13.9. The highest BCUT2D eigenvalue weighted by atomic mass is 16.5. The number of allylic oxidation sites excluding steroid dienone is 2. The Labute approximate surface area is 220 Å². The molecule has 0 saturated heterocycles. The molecule has 37 heavy (non-hydrogen) atoms. The highest BCUT2D eigenvalue weighted by molar-refractivity contribution is 5.95. The summed E-state index contributed by atoms with van der Waals surface area (Å²) in [4.78, 5) is 31.1. The van der Waals surface area contributed by atoms with Crippen molar-refractivity contribution in [2.24, 2.45) is 45.8 Å². The average Bonchev–Trinajstić information content (AvgIpc) is 3.25. The number of esters is 1. The number of fused-ring (bicyclic) bond motifs is 4. The Morgan fingerprint density at radius 1 is 1.11 bits per heavy atom. The summed E-state index contributed by atoms with van der Waals surface area (Å²) in [7, 11) is 1.56. The molecule has 4 heteroatoms. The summed E-state index contributed by atoms with van der Waals surface area (Å²) in [5, 5.41) is 1.22. The van der Waals surface area contributed by atoms with Crippen molar-refractivity contribution in [1.82, 2.24) is 4.98 Å². The van der Waals surface area contributed by atoms with Gasteiger partial charge in [0.1, 0.15) is 5.78 Å². The van der Waals surface area contributed by atoms with Gasteiger partial charge in [-0.2, -0.15) is 0 Å². The van der Waals surface area contributed by atoms with Gasteiger partial charge >= 0.3 is 5.97 Å². The number of aromatic amines is 1. The van der Waals surface area contributed by atoms with Gasteiger partial charge in [0, 0.05) is 40.3 Å². The summed E-state index contributed by atoms with van der Waals surface area (Å²) in [6.07, 6.45) is 9.58. The van der Waals surface area contributed by atoms with Crippen molar-refractivity contribution >= 4 is 22.7 Å². The van der Waals surface area contributed by atoms with Crippen LogP contribution in [0.5, 0.6) is 0 Å². The number of para-hydroxylation sites is 1. The Morgan fingerprint density at radius 3 is 2.65 bits per heavy atom. The number of aromatic nitrogens is 1. The molecule has 6 aliphatic carbocycles. The average molecular weight is 500 g/mol. The number of ether oxygens (including phenoxy) is 1. The van der Waals surface area contributed by atoms with Gasteiger partial charge in [0.15, 0.2) is 0 Å². The molecule has 1 aromatic heterocycles. The van der Waals surface area contributed by atoms with Gasteiger partial charge in [-0.1, -0.05) is 57.0 Å². The van der Waals surface area contributed by atoms with Gasteiger partial charge in [-0.25, -0.2) is 0 Å². The van der Waals surface area contributed by atoms with Gasteiger partial charge in [-0.3, -0.25) is 9.59 Å². The molecular formula is C33H41NO3. The smallest absolute Gasteiger partial charge is 0.311 e. The second kappa shape index (κ2) is 7.61. The van der Waals surface area contributed by atoms with Crippen LogP contribution in [0.1, 0.15) is 83.4 Å². The molecule has 1 heterocycles. The third kappa shape index (κ3) is 2.80. The summed E-state index contributed by atoms with van der Waals surface area (Å²) in [5.41, 5.74) is 4.89. The lowest BCUT2D eigenvalue weighted by Crippen LogP contribution is -2.65. The largest absolute Gasteiger partial charge is 0.469 e. The fourth-order valence-corrected chi connectivity index (χ4v) is 10.9. The number of H-pyrrole nitrogens is 1. The van der Waals surface area contributed by atoms with E-state index in [1.54, 1.807) is 7.11 Å². The van der Waals surface area contributed by atoms with Crippen molar-refractivity contribution in [1.29, 1.82) is 0 Å². The first-order valence-corrected chi connectivity index (χ1v) is 14.6. The van der Waals surface area contributed by atoms with Gasteiger partial charge in [0.05, 0.1) is 12.5 Å². The quantitative estimate of drug-likeness (QED) is 0.358. The van der Waals surface area contributed by atoms with Crippen LogP contribution in [0.4, 0.5) is 0 Å². The predicted octanol–water partition coefficient (Wildman–Crippen LogP) is 6.99. The van der Waals surface area contributed by atoms with Crippen molar-refractivity contribution < 1.29 is 14.3 Å². The minimum Gasteiger partial charge on any atom is -0.469 e. The molecule has 6 aliphatic rings. The Bertz CT molecular complexity index is 1350. The van der Waals surface area contributed by atoms with Crippen molar-refractivity contribution in [3.8, 4) is 0 Å². The molecule has 0 radical (unpaired) electrons. The highest BCUT2D eigenvalue weighted by Crippen LogP contribution is 2.76. The molecule has 1 aromatic carbocycles. The number of carbonyl (C=O) groups is 2. The Morgan fingerprint density at radius 2 is 1.89 bits per heavy atom. The minimum atomic E-state index is -0.418. The topological polar surface area (TPSA) is 59.2 Å². The molecule has 1 spiro atoms. The number of Topliss-reactive ketones (excluding diaryl/α,β-unsaturated/α-hetero) is 1. The number of rotatable bonds is 2. The number of methoxy groups -OCH3 is 1. The number of carbonyl (C=O) groups excluding carboxylic acids is 2. The van der Waals surface area contributed by atoms with Crippen LogP contribution in [0.25, 0.3) is 10.9 Å². The standard InChI is InChI=1S/C33H41NO3/c1-18(2)22-17-33-14-11-25-31(3,12-8-13-32(25,4)30(36)37-5)26(33)16-20(22)27-24(35)15-21-19-9-6-7-10-23(19)34-29(21)28(27)33/h6-7,9-10,17-18,20,25-28,34H,8,11-16H2,1-5H3/t20-,25+,26+,27-,28-,31-,32+,33-/m0/s1. The predicted molar refractivity (Wildman–Crippen MR) is 145 cm³/mol. The normalized spacial score (nSPS) is 42.1. The summed E-state index contributed by atoms with van der Waals surface area (Å²) in [5.74, 6) is 2.29. The van der Waals surface area contributed by atoms with E-state index in [-0.39, 0.29) is 28.6 Å². The summed E-state index contributed by atoms with van der Waals surface area (Å²) in [6.45, 7) is 9.31. The van der Waals surface area contributed by atoms with Gasteiger partial charge in [0.25, 0.3) is 0 Å². The summed E-state index contributed by atoms with van der Waals surface area (Å²) >= 11 is 0. The lowest BCUT2D eigenvalue weighted by molar-refractivity contribution is -0.192. The molecule has 1 N–H and O–H groups in total. The second-order valence-electron chi connectivity index (χ2n) is 13.9. The van der Waals surface area contributed by atoms with Gasteiger partial charge in [-0.05, 0) is 79.7 Å². The van der Waals surface area contributed by atoms with Crippen LogP contribution in [0, 0.1) is 45.8 Å². The lowest BCUT2D eigenvalue weighted by Gasteiger charge is -2.70. The van der Waals surface area contributed by atoms with Crippen LogP contribution in [-0.4, -0.2) is 23.8 Å². The first-order valence-electron chi connectivity index (χ1n) is 14.6. The van der Waals surface area contributed by atoms with E-state index >= 15 is 0 Å². The van der Waals surface area contributed by atoms with E-state index in [0.717, 1.165) is 32.1 Å². The number of benzene rings is 1. The van der Waals surface area contributed by atoms with Crippen LogP contribution < -0.4 is 0 Å². The van der Waals surface area contributed by atoms with Crippen molar-refractivity contribution in [3.05, 3.63) is 47.2 Å². The summed E-state index contributed by atoms with van der Waals surface area (Å²) in [6, 6.07) is 8.54. The first kappa shape index (κ1) is 23.7. The molecule has 8 rings (SSSR count). The van der Waals surface area contributed by atoms with Crippen molar-refractivity contribution in [2.45, 2.75) is 78.6 Å². The zero-order valence-corrected chi connectivity index (χ0v) is 23.0. The Hall–Kier alpha value is -2.36. The van der Waals surface area contributed by atoms with Crippen LogP contribution in [-0.2, 0) is 20.7 Å². The Kier molecular flexibility index (Phi) is 4.88. The monoisotopic (exact) mass is 499 g/mol. The maximum Gasteiger partial charge on any atom is 0.311 e. The molecule has 0 amide bonds. The van der Waals surface area contributed by atoms with Crippen LogP contribution >= 0.6 is 0 Å². The molecule has 2 bridgehead atoms. The number of hydrogen-bond donors (Lipinski definition) is 1. The zero-order valence-electron chi connectivity index (χ0n) is 23.0. The molecule has 3 saturated carbocycles. The fraction of sp³-hybridized carbons (Fsp3) is 0.636. The molecule has 196 valence electrons. The first-order chi connectivity index (χ1) is 17.7. The van der Waals surface area contributed by atoms with E-state index in [9.17, 15) is 9.59 Å². The summed E-state index contributed by atoms with van der Waals surface area (Å²) < 4.78 is 5.41. The number of nitrogens with one attached hydrogen (secondary N) is 1.